The third kappa shape index (κ3) is 3.20. The van der Waals surface area contributed by atoms with E-state index >= 15 is 0 Å². The van der Waals surface area contributed by atoms with Gasteiger partial charge in [0.05, 0.1) is 12.5 Å². The van der Waals surface area contributed by atoms with E-state index in [1.807, 2.05) is 17.5 Å². The molecule has 0 aliphatic carbocycles. The van der Waals surface area contributed by atoms with Crippen LogP contribution in [0.3, 0.4) is 0 Å². The maximum absolute atomic E-state index is 13.5. The second-order valence-electron chi connectivity index (χ2n) is 3.54. The topological polar surface area (TPSA) is 9.23 Å². The van der Waals surface area contributed by atoms with Crippen molar-refractivity contribution in [2.24, 2.45) is 0 Å². The zero-order valence-electron chi connectivity index (χ0n) is 9.16. The fourth-order valence-corrected chi connectivity index (χ4v) is 2.43. The zero-order valence-corrected chi connectivity index (χ0v) is 10.7. The molecule has 0 bridgehead atoms. The van der Waals surface area contributed by atoms with Crippen LogP contribution in [-0.2, 0) is 12.3 Å². The molecule has 0 unspecified atom stereocenters. The number of benzene rings is 1. The molecule has 4 heteroatoms. The third-order valence-electron chi connectivity index (χ3n) is 2.37. The minimum Gasteiger partial charge on any atom is -0.490 e. The Morgan fingerprint density at radius 1 is 1.24 bits per heavy atom. The van der Waals surface area contributed by atoms with Crippen LogP contribution in [0.2, 0.25) is 0 Å². The summed E-state index contributed by atoms with van der Waals surface area (Å²) in [5.41, 5.74) is 0.692. The lowest BCUT2D eigenvalue weighted by Crippen LogP contribution is -2.03. The monoisotopic (exact) mass is 270 g/mol. The van der Waals surface area contributed by atoms with Crippen molar-refractivity contribution in [1.29, 1.82) is 0 Å². The molecular formula is C13H12ClFOS. The van der Waals surface area contributed by atoms with Crippen LogP contribution in [0.5, 0.6) is 5.75 Å². The first-order chi connectivity index (χ1) is 8.31. The molecule has 90 valence electrons. The molecule has 0 aliphatic heterocycles. The third-order valence-corrected chi connectivity index (χ3v) is 3.59. The van der Waals surface area contributed by atoms with Crippen molar-refractivity contribution in [2.75, 3.05) is 6.61 Å². The number of hydrogen-bond acceptors (Lipinski definition) is 2. The molecule has 0 aliphatic rings. The predicted octanol–water partition coefficient (Wildman–Crippen LogP) is 4.25. The number of alkyl halides is 1. The Balaban J connectivity index is 1.98. The van der Waals surface area contributed by atoms with Gasteiger partial charge in [-0.15, -0.1) is 22.9 Å². The van der Waals surface area contributed by atoms with E-state index in [2.05, 4.69) is 0 Å². The van der Waals surface area contributed by atoms with Gasteiger partial charge in [0.15, 0.2) is 11.6 Å². The summed E-state index contributed by atoms with van der Waals surface area (Å²) in [4.78, 5) is 1.23. The number of halogens is 2. The summed E-state index contributed by atoms with van der Waals surface area (Å²) >= 11 is 7.41. The molecule has 0 fully saturated rings. The maximum Gasteiger partial charge on any atom is 0.165 e. The van der Waals surface area contributed by atoms with Crippen LogP contribution in [0.25, 0.3) is 0 Å². The highest BCUT2D eigenvalue weighted by Crippen LogP contribution is 2.24. The standard InChI is InChI=1S/C13H12ClFOS/c14-9-10-3-1-5-12(15)13(10)16-7-6-11-4-2-8-17-11/h1-5,8H,6-7,9H2. The summed E-state index contributed by atoms with van der Waals surface area (Å²) in [6.45, 7) is 0.464. The van der Waals surface area contributed by atoms with Crippen LogP contribution in [0, 0.1) is 5.82 Å². The van der Waals surface area contributed by atoms with Gasteiger partial charge in [0.1, 0.15) is 0 Å². The Labute approximate surface area is 109 Å². The molecule has 0 spiro atoms. The van der Waals surface area contributed by atoms with Crippen LogP contribution < -0.4 is 4.74 Å². The second-order valence-corrected chi connectivity index (χ2v) is 4.84. The van der Waals surface area contributed by atoms with Crippen LogP contribution >= 0.6 is 22.9 Å². The first-order valence-electron chi connectivity index (χ1n) is 5.30. The van der Waals surface area contributed by atoms with Crippen molar-refractivity contribution in [2.45, 2.75) is 12.3 Å². The number of rotatable bonds is 5. The molecule has 0 saturated carbocycles. The van der Waals surface area contributed by atoms with Gasteiger partial charge in [0, 0.05) is 16.9 Å². The lowest BCUT2D eigenvalue weighted by atomic mass is 10.2. The summed E-state index contributed by atoms with van der Waals surface area (Å²) in [5, 5.41) is 2.02. The number of ether oxygens (including phenoxy) is 1. The van der Waals surface area contributed by atoms with E-state index in [9.17, 15) is 4.39 Å². The molecular weight excluding hydrogens is 259 g/mol. The Morgan fingerprint density at radius 2 is 2.12 bits per heavy atom. The lowest BCUT2D eigenvalue weighted by molar-refractivity contribution is 0.303. The van der Waals surface area contributed by atoms with E-state index < -0.39 is 0 Å². The summed E-state index contributed by atoms with van der Waals surface area (Å²) < 4.78 is 19.0. The molecule has 17 heavy (non-hydrogen) atoms. The van der Waals surface area contributed by atoms with Gasteiger partial charge in [0.25, 0.3) is 0 Å². The highest BCUT2D eigenvalue weighted by molar-refractivity contribution is 7.09. The fraction of sp³-hybridized carbons (Fsp3) is 0.231. The van der Waals surface area contributed by atoms with Gasteiger partial charge in [0.2, 0.25) is 0 Å². The Morgan fingerprint density at radius 3 is 2.82 bits per heavy atom. The molecule has 1 heterocycles. The van der Waals surface area contributed by atoms with Gasteiger partial charge in [-0.1, -0.05) is 18.2 Å². The van der Waals surface area contributed by atoms with Gasteiger partial charge in [-0.05, 0) is 17.5 Å². The average Bonchev–Trinajstić information content (AvgIpc) is 2.84. The predicted molar refractivity (Wildman–Crippen MR) is 69.5 cm³/mol. The Hall–Kier alpha value is -1.06. The van der Waals surface area contributed by atoms with E-state index in [0.717, 1.165) is 6.42 Å². The largest absolute Gasteiger partial charge is 0.490 e. The highest BCUT2D eigenvalue weighted by Gasteiger charge is 2.08. The fourth-order valence-electron chi connectivity index (χ4n) is 1.53. The maximum atomic E-state index is 13.5. The summed E-state index contributed by atoms with van der Waals surface area (Å²) in [6, 6.07) is 8.83. The number of para-hydroxylation sites is 1. The first-order valence-corrected chi connectivity index (χ1v) is 6.71. The van der Waals surface area contributed by atoms with Crippen molar-refractivity contribution in [3.63, 3.8) is 0 Å². The number of thiophene rings is 1. The van der Waals surface area contributed by atoms with Crippen molar-refractivity contribution >= 4 is 22.9 Å². The van der Waals surface area contributed by atoms with E-state index in [4.69, 9.17) is 16.3 Å². The molecule has 1 nitrogen and oxygen atoms in total. The van der Waals surface area contributed by atoms with Crippen molar-refractivity contribution in [3.8, 4) is 5.75 Å². The van der Waals surface area contributed by atoms with E-state index in [-0.39, 0.29) is 17.4 Å². The molecule has 0 amide bonds. The van der Waals surface area contributed by atoms with Gasteiger partial charge in [-0.2, -0.15) is 0 Å². The van der Waals surface area contributed by atoms with Crippen molar-refractivity contribution in [1.82, 2.24) is 0 Å². The average molecular weight is 271 g/mol. The lowest BCUT2D eigenvalue weighted by Gasteiger charge is -2.10. The van der Waals surface area contributed by atoms with Gasteiger partial charge in [-0.25, -0.2) is 4.39 Å². The van der Waals surface area contributed by atoms with Gasteiger partial charge < -0.3 is 4.74 Å². The molecule has 0 atom stereocenters. The van der Waals surface area contributed by atoms with E-state index in [1.165, 1.54) is 10.9 Å². The molecule has 0 N–H and O–H groups in total. The van der Waals surface area contributed by atoms with Crippen molar-refractivity contribution in [3.05, 3.63) is 52.0 Å². The molecule has 0 radical (unpaired) electrons. The Bertz CT molecular complexity index is 470. The summed E-state index contributed by atoms with van der Waals surface area (Å²) in [6.07, 6.45) is 0.785. The molecule has 2 aromatic rings. The summed E-state index contributed by atoms with van der Waals surface area (Å²) in [7, 11) is 0. The first kappa shape index (κ1) is 12.4. The van der Waals surface area contributed by atoms with Crippen LogP contribution in [-0.4, -0.2) is 6.61 Å². The molecule has 0 saturated heterocycles. The van der Waals surface area contributed by atoms with E-state index in [0.29, 0.717) is 12.2 Å². The van der Waals surface area contributed by atoms with Crippen LogP contribution in [0.4, 0.5) is 4.39 Å². The van der Waals surface area contributed by atoms with Gasteiger partial charge >= 0.3 is 0 Å². The quantitative estimate of drug-likeness (QED) is 0.738. The van der Waals surface area contributed by atoms with E-state index in [1.54, 1.807) is 23.5 Å². The van der Waals surface area contributed by atoms with Crippen molar-refractivity contribution < 1.29 is 9.13 Å². The smallest absolute Gasteiger partial charge is 0.165 e. The second kappa shape index (κ2) is 6.03. The SMILES string of the molecule is Fc1cccc(CCl)c1OCCc1cccs1. The molecule has 1 aromatic heterocycles. The minimum atomic E-state index is -0.352. The highest BCUT2D eigenvalue weighted by atomic mass is 35.5. The van der Waals surface area contributed by atoms with Crippen LogP contribution in [0.1, 0.15) is 10.4 Å². The number of hydrogen-bond donors (Lipinski definition) is 0. The van der Waals surface area contributed by atoms with Crippen LogP contribution in [0.15, 0.2) is 35.7 Å². The minimum absolute atomic E-state index is 0.256. The molecule has 2 rings (SSSR count). The normalized spacial score (nSPS) is 10.5. The van der Waals surface area contributed by atoms with Gasteiger partial charge in [-0.3, -0.25) is 0 Å². The zero-order chi connectivity index (χ0) is 12.1. The molecule has 1 aromatic carbocycles. The summed E-state index contributed by atoms with van der Waals surface area (Å²) in [5.74, 6) is 0.180. The Kier molecular flexibility index (Phi) is 4.40.